The Morgan fingerprint density at radius 1 is 1.50 bits per heavy atom. The number of hydrogen-bond donors (Lipinski definition) is 0. The molecule has 0 saturated heterocycles. The van der Waals surface area contributed by atoms with Crippen LogP contribution in [0.3, 0.4) is 0 Å². The molecule has 0 aliphatic heterocycles. The van der Waals surface area contributed by atoms with E-state index in [4.69, 9.17) is 0 Å². The molecular weight excluding hydrogens is 173 g/mol. The first-order chi connectivity index (χ1) is 3.30. The zero-order chi connectivity index (χ0) is 5.28. The maximum absolute atomic E-state index is 2.32. The predicted octanol–water partition coefficient (Wildman–Crippen LogP) is 2.40. The summed E-state index contributed by atoms with van der Waals surface area (Å²) in [5.74, 6) is 2.64. The van der Waals surface area contributed by atoms with Crippen LogP contribution in [-0.2, 0) is 32.7 Å². The Labute approximate surface area is 77.3 Å². The van der Waals surface area contributed by atoms with E-state index >= 15 is 0 Å². The fourth-order valence-corrected chi connectivity index (χ4v) is 1.18. The summed E-state index contributed by atoms with van der Waals surface area (Å²) in [6.45, 7) is 4.60. The van der Waals surface area contributed by atoms with Crippen molar-refractivity contribution in [2.45, 2.75) is 33.1 Å². The quantitative estimate of drug-likeness (QED) is 0.509. The topological polar surface area (TPSA) is 0 Å². The van der Waals surface area contributed by atoms with Gasteiger partial charge in [0.15, 0.2) is 0 Å². The van der Waals surface area contributed by atoms with Gasteiger partial charge in [-0.15, -0.1) is 0 Å². The first-order valence-corrected chi connectivity index (χ1v) is 3.13. The van der Waals surface area contributed by atoms with Crippen LogP contribution < -0.4 is 0 Å². The standard InChI is InChI=1S/C7H13.Y/c1-6-4-3-5-7(6)2;/h6H,3-5H2,1-2H3;/q-1;+3. The first kappa shape index (κ1) is 9.10. The third-order valence-electron chi connectivity index (χ3n) is 2.05. The molecule has 1 aliphatic carbocycles. The average molecular weight is 186 g/mol. The van der Waals surface area contributed by atoms with E-state index < -0.39 is 0 Å². The van der Waals surface area contributed by atoms with Crippen molar-refractivity contribution in [3.8, 4) is 0 Å². The Hall–Kier alpha value is 1.10. The molecule has 0 heterocycles. The van der Waals surface area contributed by atoms with Gasteiger partial charge in [-0.25, -0.2) is 0 Å². The van der Waals surface area contributed by atoms with Gasteiger partial charge in [-0.2, -0.15) is 19.3 Å². The van der Waals surface area contributed by atoms with Gasteiger partial charge in [0.25, 0.3) is 0 Å². The number of hydrogen-bond acceptors (Lipinski definition) is 0. The van der Waals surface area contributed by atoms with Gasteiger partial charge < -0.3 is 5.92 Å². The molecule has 1 atom stereocenters. The van der Waals surface area contributed by atoms with Gasteiger partial charge in [0.05, 0.1) is 0 Å². The second kappa shape index (κ2) is 4.01. The van der Waals surface area contributed by atoms with Crippen LogP contribution in [0.5, 0.6) is 0 Å². The molecule has 1 unspecified atom stereocenters. The van der Waals surface area contributed by atoms with Gasteiger partial charge in [0.2, 0.25) is 0 Å². The minimum absolute atomic E-state index is 0. The Bertz CT molecular complexity index is 53.4. The molecule has 0 nitrogen and oxygen atoms in total. The molecule has 42 valence electrons. The molecule has 0 spiro atoms. The van der Waals surface area contributed by atoms with Crippen LogP contribution in [0.2, 0.25) is 0 Å². The fourth-order valence-electron chi connectivity index (χ4n) is 1.18. The monoisotopic (exact) mass is 186 g/mol. The normalized spacial score (nSPS) is 30.0. The van der Waals surface area contributed by atoms with Gasteiger partial charge in [0.1, 0.15) is 0 Å². The molecule has 1 aliphatic rings. The minimum Gasteiger partial charge on any atom is -0.314 e. The van der Waals surface area contributed by atoms with Crippen LogP contribution in [0, 0.1) is 11.8 Å². The van der Waals surface area contributed by atoms with Gasteiger partial charge >= 0.3 is 32.7 Å². The van der Waals surface area contributed by atoms with Crippen molar-refractivity contribution in [1.29, 1.82) is 0 Å². The summed E-state index contributed by atoms with van der Waals surface area (Å²) < 4.78 is 0. The van der Waals surface area contributed by atoms with Crippen LogP contribution >= 0.6 is 0 Å². The SMILES string of the molecule is C[C-]1CCCC1C.[Y+3]. The largest absolute Gasteiger partial charge is 3.00 e. The third-order valence-corrected chi connectivity index (χ3v) is 2.05. The second-order valence-electron chi connectivity index (χ2n) is 2.64. The van der Waals surface area contributed by atoms with Crippen molar-refractivity contribution in [3.05, 3.63) is 5.92 Å². The van der Waals surface area contributed by atoms with Crippen LogP contribution in [0.1, 0.15) is 33.1 Å². The molecule has 0 aromatic carbocycles. The molecule has 1 saturated carbocycles. The van der Waals surface area contributed by atoms with E-state index in [0.717, 1.165) is 5.92 Å². The van der Waals surface area contributed by atoms with E-state index in [9.17, 15) is 0 Å². The molecule has 0 aromatic heterocycles. The minimum atomic E-state index is 0. The molecule has 0 aromatic rings. The van der Waals surface area contributed by atoms with Gasteiger partial charge in [-0.3, -0.25) is 0 Å². The Kier molecular flexibility index (Phi) is 4.56. The Morgan fingerprint density at radius 2 is 2.12 bits per heavy atom. The summed E-state index contributed by atoms with van der Waals surface area (Å²) >= 11 is 0. The summed E-state index contributed by atoms with van der Waals surface area (Å²) in [5, 5.41) is 0. The summed E-state index contributed by atoms with van der Waals surface area (Å²) in [6.07, 6.45) is 4.26. The second-order valence-corrected chi connectivity index (χ2v) is 2.64. The van der Waals surface area contributed by atoms with Crippen LogP contribution in [0.15, 0.2) is 0 Å². The maximum Gasteiger partial charge on any atom is 3.00 e. The molecule has 0 radical (unpaired) electrons. The van der Waals surface area contributed by atoms with Crippen molar-refractivity contribution in [2.75, 3.05) is 0 Å². The van der Waals surface area contributed by atoms with Gasteiger partial charge in [-0.1, -0.05) is 19.8 Å². The van der Waals surface area contributed by atoms with Crippen molar-refractivity contribution < 1.29 is 32.7 Å². The van der Waals surface area contributed by atoms with E-state index in [0.29, 0.717) is 0 Å². The molecule has 0 amide bonds. The van der Waals surface area contributed by atoms with Crippen LogP contribution in [-0.4, -0.2) is 0 Å². The van der Waals surface area contributed by atoms with Crippen molar-refractivity contribution in [3.63, 3.8) is 0 Å². The smallest absolute Gasteiger partial charge is 0.314 e. The van der Waals surface area contributed by atoms with E-state index in [-0.39, 0.29) is 32.7 Å². The molecular formula is C7H13Y+2. The zero-order valence-corrected chi connectivity index (χ0v) is 8.61. The fraction of sp³-hybridized carbons (Fsp3) is 0.857. The first-order valence-electron chi connectivity index (χ1n) is 3.13. The van der Waals surface area contributed by atoms with E-state index in [1.807, 2.05) is 0 Å². The summed E-state index contributed by atoms with van der Waals surface area (Å²) in [5.41, 5.74) is 0. The van der Waals surface area contributed by atoms with E-state index in [1.165, 1.54) is 19.3 Å². The number of rotatable bonds is 0. The van der Waals surface area contributed by atoms with Crippen molar-refractivity contribution in [2.24, 2.45) is 5.92 Å². The van der Waals surface area contributed by atoms with Crippen LogP contribution in [0.4, 0.5) is 0 Å². The predicted molar refractivity (Wildman–Crippen MR) is 31.9 cm³/mol. The molecule has 1 rings (SSSR count). The van der Waals surface area contributed by atoms with Gasteiger partial charge in [-0.05, 0) is 0 Å². The van der Waals surface area contributed by atoms with Gasteiger partial charge in [0, 0.05) is 0 Å². The maximum atomic E-state index is 2.32. The third kappa shape index (κ3) is 2.15. The molecule has 1 heteroatoms. The zero-order valence-electron chi connectivity index (χ0n) is 5.78. The average Bonchev–Trinajstić information content (AvgIpc) is 1.91. The summed E-state index contributed by atoms with van der Waals surface area (Å²) in [7, 11) is 0. The molecule has 8 heavy (non-hydrogen) atoms. The van der Waals surface area contributed by atoms with E-state index in [2.05, 4.69) is 13.8 Å². The van der Waals surface area contributed by atoms with Crippen molar-refractivity contribution in [1.82, 2.24) is 0 Å². The van der Waals surface area contributed by atoms with E-state index in [1.54, 1.807) is 5.92 Å². The Morgan fingerprint density at radius 3 is 2.25 bits per heavy atom. The molecule has 0 N–H and O–H groups in total. The Balaban J connectivity index is 0.000000490. The van der Waals surface area contributed by atoms with Crippen molar-refractivity contribution >= 4 is 0 Å². The molecule has 0 bridgehead atoms. The summed E-state index contributed by atoms with van der Waals surface area (Å²) in [6, 6.07) is 0. The molecule has 1 fully saturated rings. The van der Waals surface area contributed by atoms with Crippen LogP contribution in [0.25, 0.3) is 0 Å². The summed E-state index contributed by atoms with van der Waals surface area (Å²) in [4.78, 5) is 0.